The van der Waals surface area contributed by atoms with Crippen LogP contribution < -0.4 is 9.47 Å². The van der Waals surface area contributed by atoms with Crippen LogP contribution in [0.4, 0.5) is 0 Å². The number of benzene rings is 8. The number of fused-ring (bicyclic) bond motifs is 9. The number of para-hydroxylation sites is 1. The van der Waals surface area contributed by atoms with Gasteiger partial charge in [-0.05, 0) is 58.1 Å². The highest BCUT2D eigenvalue weighted by atomic mass is 32.1. The van der Waals surface area contributed by atoms with Crippen molar-refractivity contribution in [3.05, 3.63) is 210 Å². The van der Waals surface area contributed by atoms with Crippen molar-refractivity contribution in [2.24, 2.45) is 0 Å². The van der Waals surface area contributed by atoms with Gasteiger partial charge in [0.05, 0.1) is 11.0 Å². The van der Waals surface area contributed by atoms with E-state index in [0.717, 1.165) is 27.8 Å². The molecule has 58 heavy (non-hydrogen) atoms. The Hall–Kier alpha value is -7.41. The minimum atomic E-state index is -0.574. The van der Waals surface area contributed by atoms with Crippen molar-refractivity contribution in [3.63, 3.8) is 0 Å². The third-order valence-electron chi connectivity index (χ3n) is 11.5. The first-order valence-corrected chi connectivity index (χ1v) is 20.2. The molecule has 0 unspecified atom stereocenters. The average molecular weight is 762 g/mol. The van der Waals surface area contributed by atoms with Crippen molar-refractivity contribution in [2.75, 3.05) is 0 Å². The van der Waals surface area contributed by atoms with Gasteiger partial charge in [0.1, 0.15) is 0 Å². The van der Waals surface area contributed by atoms with Gasteiger partial charge in [0.15, 0.2) is 40.5 Å². The number of aromatic nitrogens is 3. The molecular formula is C52H31N3O2S. The quantitative estimate of drug-likeness (QED) is 0.175. The molecule has 0 atom stereocenters. The predicted molar refractivity (Wildman–Crippen MR) is 233 cm³/mol. The van der Waals surface area contributed by atoms with Crippen molar-refractivity contribution in [1.82, 2.24) is 15.0 Å². The lowest BCUT2D eigenvalue weighted by atomic mass is 9.68. The zero-order chi connectivity index (χ0) is 38.2. The highest BCUT2D eigenvalue weighted by Gasteiger charge is 2.48. The summed E-state index contributed by atoms with van der Waals surface area (Å²) in [6, 6.07) is 65.5. The molecule has 2 aromatic heterocycles. The third kappa shape index (κ3) is 4.85. The van der Waals surface area contributed by atoms with Gasteiger partial charge in [-0.3, -0.25) is 0 Å². The number of thiophene rings is 1. The molecule has 2 aliphatic rings. The molecule has 0 fully saturated rings. The third-order valence-corrected chi connectivity index (χ3v) is 12.6. The summed E-state index contributed by atoms with van der Waals surface area (Å²) >= 11 is 1.78. The van der Waals surface area contributed by atoms with Crippen LogP contribution in [0.5, 0.6) is 23.0 Å². The summed E-state index contributed by atoms with van der Waals surface area (Å²) in [4.78, 5) is 15.4. The molecule has 1 aliphatic heterocycles. The number of hydrogen-bond donors (Lipinski definition) is 0. The highest BCUT2D eigenvalue weighted by molar-refractivity contribution is 7.25. The molecule has 0 spiro atoms. The van der Waals surface area contributed by atoms with Crippen LogP contribution in [0.25, 0.3) is 65.5 Å². The Kier molecular flexibility index (Phi) is 7.25. The molecule has 1 aliphatic carbocycles. The fourth-order valence-electron chi connectivity index (χ4n) is 8.97. The van der Waals surface area contributed by atoms with Crippen molar-refractivity contribution in [1.29, 1.82) is 0 Å². The van der Waals surface area contributed by atoms with Crippen LogP contribution >= 0.6 is 11.3 Å². The molecule has 0 amide bonds. The minimum Gasteiger partial charge on any atom is -0.449 e. The lowest BCUT2D eigenvalue weighted by Gasteiger charge is -2.34. The summed E-state index contributed by atoms with van der Waals surface area (Å²) in [6.45, 7) is 0. The van der Waals surface area contributed by atoms with E-state index in [2.05, 4.69) is 140 Å². The lowest BCUT2D eigenvalue weighted by molar-refractivity contribution is 0.361. The molecular weight excluding hydrogens is 731 g/mol. The van der Waals surface area contributed by atoms with Crippen LogP contribution in [0.2, 0.25) is 0 Å². The van der Waals surface area contributed by atoms with E-state index in [1.54, 1.807) is 11.3 Å². The van der Waals surface area contributed by atoms with E-state index in [9.17, 15) is 0 Å². The molecule has 0 saturated carbocycles. The van der Waals surface area contributed by atoms with Gasteiger partial charge in [0, 0.05) is 36.9 Å². The van der Waals surface area contributed by atoms with Gasteiger partial charge in [0.25, 0.3) is 0 Å². The molecule has 10 aromatic rings. The van der Waals surface area contributed by atoms with Crippen molar-refractivity contribution < 1.29 is 9.47 Å². The minimum absolute atomic E-state index is 0.500. The largest absolute Gasteiger partial charge is 0.449 e. The Bertz CT molecular complexity index is 3200. The Morgan fingerprint density at radius 2 is 1.02 bits per heavy atom. The van der Waals surface area contributed by atoms with Gasteiger partial charge < -0.3 is 9.47 Å². The first-order chi connectivity index (χ1) is 28.7. The summed E-state index contributed by atoms with van der Waals surface area (Å²) in [5, 5.41) is 2.48. The Morgan fingerprint density at radius 1 is 0.397 bits per heavy atom. The van der Waals surface area contributed by atoms with Gasteiger partial charge >= 0.3 is 0 Å². The average Bonchev–Trinajstić information content (AvgIpc) is 3.82. The number of nitrogens with zero attached hydrogens (tertiary/aromatic N) is 3. The van der Waals surface area contributed by atoms with Gasteiger partial charge in [-0.15, -0.1) is 11.3 Å². The van der Waals surface area contributed by atoms with E-state index >= 15 is 0 Å². The van der Waals surface area contributed by atoms with E-state index in [4.69, 9.17) is 24.4 Å². The summed E-state index contributed by atoms with van der Waals surface area (Å²) in [5.74, 6) is 4.16. The zero-order valence-electron chi connectivity index (χ0n) is 31.0. The van der Waals surface area contributed by atoms with Crippen LogP contribution in [-0.2, 0) is 5.41 Å². The van der Waals surface area contributed by atoms with Crippen molar-refractivity contribution >= 4 is 31.5 Å². The SMILES string of the molecule is c1ccc(-c2nc(-c3ccc4c(c3)sc3ccccc34)nc(-c3cccc4c3Oc3c(ccc5c3-c3ccccc3C5(c3ccccc3)c3ccccc3)O4)n2)cc1. The molecule has 12 rings (SSSR count). The Morgan fingerprint density at radius 3 is 1.81 bits per heavy atom. The summed E-state index contributed by atoms with van der Waals surface area (Å²) < 4.78 is 16.4. The molecule has 0 N–H and O–H groups in total. The first-order valence-electron chi connectivity index (χ1n) is 19.3. The fourth-order valence-corrected chi connectivity index (χ4v) is 10.1. The summed E-state index contributed by atoms with van der Waals surface area (Å²) in [6.07, 6.45) is 0. The zero-order valence-corrected chi connectivity index (χ0v) is 31.8. The maximum absolute atomic E-state index is 7.19. The number of rotatable bonds is 5. The maximum Gasteiger partial charge on any atom is 0.181 e. The predicted octanol–water partition coefficient (Wildman–Crippen LogP) is 13.5. The van der Waals surface area contributed by atoms with E-state index in [1.807, 2.05) is 48.5 Å². The normalized spacial score (nSPS) is 13.2. The van der Waals surface area contributed by atoms with Gasteiger partial charge in [-0.2, -0.15) is 0 Å². The topological polar surface area (TPSA) is 57.1 Å². The van der Waals surface area contributed by atoms with Crippen LogP contribution in [-0.4, -0.2) is 15.0 Å². The first kappa shape index (κ1) is 32.8. The van der Waals surface area contributed by atoms with Gasteiger partial charge in [-0.1, -0.05) is 158 Å². The van der Waals surface area contributed by atoms with E-state index in [1.165, 1.54) is 36.9 Å². The molecule has 8 aromatic carbocycles. The van der Waals surface area contributed by atoms with Crippen molar-refractivity contribution in [2.45, 2.75) is 5.41 Å². The Labute approximate surface area is 338 Å². The number of ether oxygens (including phenoxy) is 2. The Balaban J connectivity index is 1.05. The second-order valence-electron chi connectivity index (χ2n) is 14.7. The van der Waals surface area contributed by atoms with E-state index in [-0.39, 0.29) is 0 Å². The molecule has 0 radical (unpaired) electrons. The van der Waals surface area contributed by atoms with E-state index in [0.29, 0.717) is 46.0 Å². The monoisotopic (exact) mass is 761 g/mol. The second-order valence-corrected chi connectivity index (χ2v) is 15.7. The molecule has 0 saturated heterocycles. The molecule has 5 nitrogen and oxygen atoms in total. The maximum atomic E-state index is 7.19. The summed E-state index contributed by atoms with van der Waals surface area (Å²) in [5.41, 5.74) is 8.79. The fraction of sp³-hybridized carbons (Fsp3) is 0.0192. The second kappa shape index (κ2) is 12.8. The molecule has 3 heterocycles. The van der Waals surface area contributed by atoms with Gasteiger partial charge in [0.2, 0.25) is 0 Å². The standard InChI is InChI=1S/C52H31N3O2S/c1-4-15-32(16-5-1)49-53-50(33-27-28-37-36-21-11-13-26-44(36)58-45(37)31-33)55-51(54-49)39-23-14-25-42-47(39)57-48-43(56-42)30-29-41-46(48)38-22-10-12-24-40(38)52(41,34-17-6-2-7-18-34)35-19-8-3-9-20-35/h1-31H. The van der Waals surface area contributed by atoms with Crippen LogP contribution in [0.1, 0.15) is 22.3 Å². The molecule has 272 valence electrons. The number of hydrogen-bond acceptors (Lipinski definition) is 6. The lowest BCUT2D eigenvalue weighted by Crippen LogP contribution is -2.28. The molecule has 0 bridgehead atoms. The molecule has 6 heteroatoms. The van der Waals surface area contributed by atoms with Gasteiger partial charge in [-0.25, -0.2) is 15.0 Å². The van der Waals surface area contributed by atoms with E-state index < -0.39 is 5.41 Å². The van der Waals surface area contributed by atoms with Crippen LogP contribution in [0, 0.1) is 0 Å². The van der Waals surface area contributed by atoms with Crippen LogP contribution in [0.3, 0.4) is 0 Å². The van der Waals surface area contributed by atoms with Crippen molar-refractivity contribution in [3.8, 4) is 68.3 Å². The highest BCUT2D eigenvalue weighted by Crippen LogP contribution is 2.62. The van der Waals surface area contributed by atoms with Crippen LogP contribution in [0.15, 0.2) is 188 Å². The smallest absolute Gasteiger partial charge is 0.181 e. The summed E-state index contributed by atoms with van der Waals surface area (Å²) in [7, 11) is 0.